The monoisotopic (exact) mass is 158 g/mol. The van der Waals surface area contributed by atoms with Gasteiger partial charge in [-0.05, 0) is 6.42 Å². The van der Waals surface area contributed by atoms with Gasteiger partial charge >= 0.3 is 0 Å². The van der Waals surface area contributed by atoms with Crippen molar-refractivity contribution in [3.63, 3.8) is 0 Å². The van der Waals surface area contributed by atoms with E-state index in [-0.39, 0.29) is 0 Å². The Morgan fingerprint density at radius 1 is 1.64 bits per heavy atom. The minimum atomic E-state index is 0.440. The average molecular weight is 158 g/mol. The fourth-order valence-electron chi connectivity index (χ4n) is 1.41. The molecule has 0 aromatic carbocycles. The third-order valence-corrected chi connectivity index (χ3v) is 2.12. The van der Waals surface area contributed by atoms with E-state index in [1.807, 2.05) is 0 Å². The summed E-state index contributed by atoms with van der Waals surface area (Å²) in [6, 6.07) is 0. The van der Waals surface area contributed by atoms with Crippen LogP contribution in [0.1, 0.15) is 13.3 Å². The highest BCUT2D eigenvalue weighted by molar-refractivity contribution is 4.69. The van der Waals surface area contributed by atoms with Crippen molar-refractivity contribution in [3.05, 3.63) is 0 Å². The zero-order chi connectivity index (χ0) is 8.10. The van der Waals surface area contributed by atoms with E-state index in [1.165, 1.54) is 0 Å². The standard InChI is InChI=1S/C8H18N2O/c1-2-8-7-10(4-3-9)5-6-11-8/h8H,2-7,9H2,1H3/t8-/m1/s1. The zero-order valence-electron chi connectivity index (χ0n) is 7.25. The van der Waals surface area contributed by atoms with Crippen LogP contribution in [0.5, 0.6) is 0 Å². The Labute approximate surface area is 68.5 Å². The zero-order valence-corrected chi connectivity index (χ0v) is 7.25. The Hall–Kier alpha value is -0.120. The Kier molecular flexibility index (Phi) is 3.83. The first-order valence-corrected chi connectivity index (χ1v) is 4.40. The number of morpholine rings is 1. The minimum Gasteiger partial charge on any atom is -0.376 e. The number of hydrogen-bond donors (Lipinski definition) is 1. The van der Waals surface area contributed by atoms with Crippen molar-refractivity contribution in [3.8, 4) is 0 Å². The largest absolute Gasteiger partial charge is 0.376 e. The highest BCUT2D eigenvalue weighted by Gasteiger charge is 2.17. The van der Waals surface area contributed by atoms with Crippen molar-refractivity contribution in [1.82, 2.24) is 4.90 Å². The molecule has 1 atom stereocenters. The fourth-order valence-corrected chi connectivity index (χ4v) is 1.41. The summed E-state index contributed by atoms with van der Waals surface area (Å²) >= 11 is 0. The maximum absolute atomic E-state index is 5.52. The second-order valence-electron chi connectivity index (χ2n) is 2.99. The van der Waals surface area contributed by atoms with Gasteiger partial charge in [0.25, 0.3) is 0 Å². The smallest absolute Gasteiger partial charge is 0.0700 e. The van der Waals surface area contributed by atoms with E-state index in [1.54, 1.807) is 0 Å². The van der Waals surface area contributed by atoms with Gasteiger partial charge in [0, 0.05) is 26.2 Å². The van der Waals surface area contributed by atoms with Gasteiger partial charge in [-0.3, -0.25) is 4.90 Å². The lowest BCUT2D eigenvalue weighted by Crippen LogP contribution is -2.44. The summed E-state index contributed by atoms with van der Waals surface area (Å²) in [7, 11) is 0. The van der Waals surface area contributed by atoms with Crippen LogP contribution in [0.3, 0.4) is 0 Å². The first kappa shape index (κ1) is 8.97. The first-order valence-electron chi connectivity index (χ1n) is 4.40. The lowest BCUT2D eigenvalue weighted by atomic mass is 10.2. The van der Waals surface area contributed by atoms with Crippen molar-refractivity contribution in [1.29, 1.82) is 0 Å². The summed E-state index contributed by atoms with van der Waals surface area (Å²) in [6.45, 7) is 6.92. The molecule has 1 aliphatic heterocycles. The van der Waals surface area contributed by atoms with Gasteiger partial charge in [0.15, 0.2) is 0 Å². The van der Waals surface area contributed by atoms with Crippen LogP contribution in [0, 0.1) is 0 Å². The number of hydrogen-bond acceptors (Lipinski definition) is 3. The highest BCUT2D eigenvalue weighted by atomic mass is 16.5. The van der Waals surface area contributed by atoms with E-state index in [0.29, 0.717) is 6.10 Å². The molecule has 0 aromatic rings. The van der Waals surface area contributed by atoms with Crippen LogP contribution < -0.4 is 5.73 Å². The van der Waals surface area contributed by atoms with E-state index in [2.05, 4.69) is 11.8 Å². The molecule has 1 aliphatic rings. The Bertz CT molecular complexity index is 106. The second kappa shape index (κ2) is 4.70. The van der Waals surface area contributed by atoms with E-state index in [0.717, 1.165) is 39.2 Å². The molecule has 1 saturated heterocycles. The first-order chi connectivity index (χ1) is 5.36. The molecule has 3 heteroatoms. The highest BCUT2D eigenvalue weighted by Crippen LogP contribution is 2.06. The van der Waals surface area contributed by atoms with Gasteiger partial charge in [-0.15, -0.1) is 0 Å². The molecule has 3 nitrogen and oxygen atoms in total. The van der Waals surface area contributed by atoms with Crippen molar-refractivity contribution < 1.29 is 4.74 Å². The molecular weight excluding hydrogens is 140 g/mol. The molecule has 0 aromatic heterocycles. The van der Waals surface area contributed by atoms with Crippen LogP contribution in [-0.2, 0) is 4.74 Å². The third kappa shape index (κ3) is 2.77. The van der Waals surface area contributed by atoms with Crippen molar-refractivity contribution in [2.24, 2.45) is 5.73 Å². The summed E-state index contributed by atoms with van der Waals surface area (Å²) in [5.41, 5.74) is 5.46. The quantitative estimate of drug-likeness (QED) is 0.631. The average Bonchev–Trinajstić information content (AvgIpc) is 2.06. The summed E-state index contributed by atoms with van der Waals surface area (Å²) in [4.78, 5) is 2.37. The number of ether oxygens (including phenoxy) is 1. The molecule has 0 aliphatic carbocycles. The van der Waals surface area contributed by atoms with Gasteiger partial charge in [0.2, 0.25) is 0 Å². The van der Waals surface area contributed by atoms with Crippen LogP contribution in [0.2, 0.25) is 0 Å². The summed E-state index contributed by atoms with van der Waals surface area (Å²) in [6.07, 6.45) is 1.55. The predicted octanol–water partition coefficient (Wildman–Crippen LogP) is 0.0559. The van der Waals surface area contributed by atoms with Crippen LogP contribution in [-0.4, -0.2) is 43.8 Å². The van der Waals surface area contributed by atoms with E-state index < -0.39 is 0 Å². The lowest BCUT2D eigenvalue weighted by Gasteiger charge is -2.31. The molecular formula is C8H18N2O. The van der Waals surface area contributed by atoms with Gasteiger partial charge in [-0.2, -0.15) is 0 Å². The van der Waals surface area contributed by atoms with E-state index in [4.69, 9.17) is 10.5 Å². The van der Waals surface area contributed by atoms with E-state index in [9.17, 15) is 0 Å². The molecule has 0 unspecified atom stereocenters. The molecule has 0 bridgehead atoms. The van der Waals surface area contributed by atoms with Gasteiger partial charge in [-0.1, -0.05) is 6.92 Å². The number of nitrogens with two attached hydrogens (primary N) is 1. The number of rotatable bonds is 3. The molecule has 1 fully saturated rings. The van der Waals surface area contributed by atoms with Crippen LogP contribution in [0.25, 0.3) is 0 Å². The second-order valence-corrected chi connectivity index (χ2v) is 2.99. The normalized spacial score (nSPS) is 27.3. The minimum absolute atomic E-state index is 0.440. The van der Waals surface area contributed by atoms with Gasteiger partial charge in [-0.25, -0.2) is 0 Å². The van der Waals surface area contributed by atoms with Gasteiger partial charge in [0.05, 0.1) is 12.7 Å². The molecule has 0 amide bonds. The van der Waals surface area contributed by atoms with Crippen molar-refractivity contribution in [2.45, 2.75) is 19.4 Å². The predicted molar refractivity (Wildman–Crippen MR) is 45.5 cm³/mol. The summed E-state index contributed by atoms with van der Waals surface area (Å²) in [5.74, 6) is 0. The van der Waals surface area contributed by atoms with Crippen LogP contribution in [0.4, 0.5) is 0 Å². The topological polar surface area (TPSA) is 38.5 Å². The maximum atomic E-state index is 5.52. The molecule has 1 heterocycles. The molecule has 1 rings (SSSR count). The maximum Gasteiger partial charge on any atom is 0.0700 e. The van der Waals surface area contributed by atoms with Gasteiger partial charge < -0.3 is 10.5 Å². The molecule has 0 radical (unpaired) electrons. The fraction of sp³-hybridized carbons (Fsp3) is 1.00. The SMILES string of the molecule is CC[C@@H]1CN(CCN)CCO1. The van der Waals surface area contributed by atoms with Crippen molar-refractivity contribution >= 4 is 0 Å². The summed E-state index contributed by atoms with van der Waals surface area (Å²) < 4.78 is 5.52. The molecule has 11 heavy (non-hydrogen) atoms. The Balaban J connectivity index is 2.21. The Morgan fingerprint density at radius 2 is 2.45 bits per heavy atom. The van der Waals surface area contributed by atoms with Crippen molar-refractivity contribution in [2.75, 3.05) is 32.8 Å². The van der Waals surface area contributed by atoms with E-state index >= 15 is 0 Å². The lowest BCUT2D eigenvalue weighted by molar-refractivity contribution is -0.0284. The third-order valence-electron chi connectivity index (χ3n) is 2.12. The summed E-state index contributed by atoms with van der Waals surface area (Å²) in [5, 5.41) is 0. The van der Waals surface area contributed by atoms with Crippen LogP contribution in [0.15, 0.2) is 0 Å². The molecule has 0 saturated carbocycles. The number of nitrogens with zero attached hydrogens (tertiary/aromatic N) is 1. The Morgan fingerprint density at radius 3 is 3.09 bits per heavy atom. The molecule has 0 spiro atoms. The van der Waals surface area contributed by atoms with Gasteiger partial charge in [0.1, 0.15) is 0 Å². The molecule has 2 N–H and O–H groups in total. The van der Waals surface area contributed by atoms with Crippen LogP contribution >= 0.6 is 0 Å². The molecule has 66 valence electrons.